The monoisotopic (exact) mass is 645 g/mol. The second-order valence-corrected chi connectivity index (χ2v) is 10.6. The Bertz CT molecular complexity index is 1400. The van der Waals surface area contributed by atoms with Crippen molar-refractivity contribution in [2.75, 3.05) is 57.1 Å². The number of nitrogens with one attached hydrogen (secondary N) is 1. The zero-order valence-electron chi connectivity index (χ0n) is 25.3. The first-order valence-electron chi connectivity index (χ1n) is 14.3. The number of rotatable bonds is 11. The van der Waals surface area contributed by atoms with Crippen molar-refractivity contribution in [3.8, 4) is 11.6 Å². The first-order valence-corrected chi connectivity index (χ1v) is 14.3. The van der Waals surface area contributed by atoms with Crippen LogP contribution in [0, 0.1) is 6.92 Å². The zero-order chi connectivity index (χ0) is 30.1. The smallest absolute Gasteiger partial charge is 0.274 e. The average Bonchev–Trinajstić information content (AvgIpc) is 2.99. The third-order valence-corrected chi connectivity index (χ3v) is 7.29. The van der Waals surface area contributed by atoms with E-state index < -0.39 is 5.91 Å². The molecule has 12 heteroatoms. The van der Waals surface area contributed by atoms with Crippen molar-refractivity contribution >= 4 is 53.9 Å². The number of nitrogens with zero attached hydrogens (tertiary/aromatic N) is 4. The SMILES string of the molecule is Cc1ccc(N(C)C(=O)c2ccc(NC(=O)c3cccc(O)n3)cc2)c(OCCCCCC(=O)N2CCN(C)CC2)c1.Cl.Cl. The number of carbonyl (C=O) groups excluding carboxylic acids is 3. The summed E-state index contributed by atoms with van der Waals surface area (Å²) in [5.74, 6) is -0.0704. The van der Waals surface area contributed by atoms with Crippen LogP contribution in [0.15, 0.2) is 60.7 Å². The minimum atomic E-state index is -0.467. The number of amides is 3. The number of piperazine rings is 1. The Morgan fingerprint density at radius 1 is 0.955 bits per heavy atom. The van der Waals surface area contributed by atoms with E-state index in [4.69, 9.17) is 4.74 Å². The zero-order valence-corrected chi connectivity index (χ0v) is 27.0. The molecule has 0 atom stereocenters. The average molecular weight is 647 g/mol. The van der Waals surface area contributed by atoms with Crippen LogP contribution < -0.4 is 15.0 Å². The van der Waals surface area contributed by atoms with Gasteiger partial charge < -0.3 is 29.9 Å². The number of hydrogen-bond donors (Lipinski definition) is 2. The van der Waals surface area contributed by atoms with Gasteiger partial charge >= 0.3 is 0 Å². The fraction of sp³-hybridized carbons (Fsp3) is 0.375. The van der Waals surface area contributed by atoms with Crippen LogP contribution in [0.5, 0.6) is 11.6 Å². The van der Waals surface area contributed by atoms with Gasteiger partial charge in [0, 0.05) is 57.0 Å². The molecule has 238 valence electrons. The maximum Gasteiger partial charge on any atom is 0.274 e. The molecule has 0 bridgehead atoms. The largest absolute Gasteiger partial charge is 0.493 e. The normalized spacial score (nSPS) is 12.8. The number of ether oxygens (including phenoxy) is 1. The number of carbonyl (C=O) groups is 3. The number of pyridine rings is 1. The Labute approximate surface area is 271 Å². The molecule has 0 radical (unpaired) electrons. The van der Waals surface area contributed by atoms with Gasteiger partial charge in [-0.3, -0.25) is 14.4 Å². The highest BCUT2D eigenvalue weighted by Gasteiger charge is 2.20. The van der Waals surface area contributed by atoms with Crippen LogP contribution in [0.3, 0.4) is 0 Å². The number of anilines is 2. The molecule has 4 rings (SSSR count). The molecular weight excluding hydrogens is 605 g/mol. The molecule has 1 aromatic heterocycles. The predicted molar refractivity (Wildman–Crippen MR) is 177 cm³/mol. The molecule has 1 aliphatic heterocycles. The molecule has 2 N–H and O–H groups in total. The lowest BCUT2D eigenvalue weighted by Gasteiger charge is -2.32. The second kappa shape index (κ2) is 17.4. The number of benzene rings is 2. The van der Waals surface area contributed by atoms with Crippen LogP contribution in [0.25, 0.3) is 0 Å². The van der Waals surface area contributed by atoms with E-state index in [9.17, 15) is 19.5 Å². The van der Waals surface area contributed by atoms with E-state index >= 15 is 0 Å². The van der Waals surface area contributed by atoms with Gasteiger partial charge in [-0.25, -0.2) is 4.98 Å². The molecule has 0 aliphatic carbocycles. The third-order valence-electron chi connectivity index (χ3n) is 7.29. The van der Waals surface area contributed by atoms with Crippen molar-refractivity contribution < 1.29 is 24.2 Å². The van der Waals surface area contributed by atoms with Crippen LogP contribution in [0.4, 0.5) is 11.4 Å². The molecule has 3 aromatic rings. The number of halogens is 2. The van der Waals surface area contributed by atoms with Gasteiger partial charge in [0.2, 0.25) is 11.8 Å². The molecule has 2 aromatic carbocycles. The highest BCUT2D eigenvalue weighted by Crippen LogP contribution is 2.30. The van der Waals surface area contributed by atoms with Gasteiger partial charge in [-0.1, -0.05) is 12.1 Å². The topological polar surface area (TPSA) is 115 Å². The molecule has 0 spiro atoms. The molecule has 0 saturated carbocycles. The summed E-state index contributed by atoms with van der Waals surface area (Å²) in [6.07, 6.45) is 3.09. The summed E-state index contributed by atoms with van der Waals surface area (Å²) in [4.78, 5) is 47.7. The van der Waals surface area contributed by atoms with Crippen LogP contribution in [-0.4, -0.2) is 84.5 Å². The summed E-state index contributed by atoms with van der Waals surface area (Å²) in [6, 6.07) is 16.7. The first kappa shape index (κ1) is 36.3. The fourth-order valence-corrected chi connectivity index (χ4v) is 4.71. The first-order chi connectivity index (χ1) is 20.2. The van der Waals surface area contributed by atoms with Crippen LogP contribution in [-0.2, 0) is 4.79 Å². The minimum absolute atomic E-state index is 0. The summed E-state index contributed by atoms with van der Waals surface area (Å²) < 4.78 is 6.11. The Morgan fingerprint density at radius 2 is 1.66 bits per heavy atom. The molecule has 10 nitrogen and oxygen atoms in total. The van der Waals surface area contributed by atoms with Crippen molar-refractivity contribution in [2.45, 2.75) is 32.6 Å². The van der Waals surface area contributed by atoms with E-state index in [2.05, 4.69) is 22.2 Å². The Hall–Kier alpha value is -3.86. The van der Waals surface area contributed by atoms with Gasteiger partial charge in [0.25, 0.3) is 11.8 Å². The van der Waals surface area contributed by atoms with E-state index in [1.807, 2.05) is 30.0 Å². The molecule has 44 heavy (non-hydrogen) atoms. The highest BCUT2D eigenvalue weighted by atomic mass is 35.5. The van der Waals surface area contributed by atoms with Gasteiger partial charge in [-0.2, -0.15) is 0 Å². The van der Waals surface area contributed by atoms with Crippen LogP contribution in [0.1, 0.15) is 52.1 Å². The van der Waals surface area contributed by atoms with Gasteiger partial charge in [-0.15, -0.1) is 24.8 Å². The molecule has 1 aliphatic rings. The lowest BCUT2D eigenvalue weighted by Crippen LogP contribution is -2.47. The van der Waals surface area contributed by atoms with E-state index in [1.165, 1.54) is 18.2 Å². The second-order valence-electron chi connectivity index (χ2n) is 10.6. The lowest BCUT2D eigenvalue weighted by molar-refractivity contribution is -0.132. The fourth-order valence-electron chi connectivity index (χ4n) is 4.71. The predicted octanol–water partition coefficient (Wildman–Crippen LogP) is 5.18. The van der Waals surface area contributed by atoms with Gasteiger partial charge in [-0.05, 0) is 81.3 Å². The lowest BCUT2D eigenvalue weighted by atomic mass is 10.1. The molecule has 2 heterocycles. The van der Waals surface area contributed by atoms with E-state index in [0.29, 0.717) is 35.7 Å². The summed E-state index contributed by atoms with van der Waals surface area (Å²) in [7, 11) is 3.78. The molecule has 3 amide bonds. The minimum Gasteiger partial charge on any atom is -0.493 e. The number of aromatic hydroxyl groups is 1. The summed E-state index contributed by atoms with van der Waals surface area (Å²) in [6.45, 7) is 5.93. The maximum absolute atomic E-state index is 13.3. The Balaban J connectivity index is 0.00000337. The number of aryl methyl sites for hydroxylation is 1. The van der Waals surface area contributed by atoms with Gasteiger partial charge in [0.15, 0.2) is 0 Å². The third kappa shape index (κ3) is 10.1. The summed E-state index contributed by atoms with van der Waals surface area (Å²) >= 11 is 0. The molecule has 1 fully saturated rings. The molecular formula is C32H41Cl2N5O5. The highest BCUT2D eigenvalue weighted by molar-refractivity contribution is 6.07. The quantitative estimate of drug-likeness (QED) is 0.276. The Morgan fingerprint density at radius 3 is 2.34 bits per heavy atom. The maximum atomic E-state index is 13.3. The van der Waals surface area contributed by atoms with E-state index in [-0.39, 0.29) is 48.2 Å². The van der Waals surface area contributed by atoms with E-state index in [0.717, 1.165) is 51.0 Å². The Kier molecular flexibility index (Phi) is 14.4. The molecule has 1 saturated heterocycles. The number of aromatic nitrogens is 1. The van der Waals surface area contributed by atoms with E-state index in [1.54, 1.807) is 36.2 Å². The summed E-state index contributed by atoms with van der Waals surface area (Å²) in [5.41, 5.74) is 2.70. The van der Waals surface area contributed by atoms with Crippen LogP contribution >= 0.6 is 24.8 Å². The number of unbranched alkanes of at least 4 members (excludes halogenated alkanes) is 2. The van der Waals surface area contributed by atoms with Gasteiger partial charge in [0.05, 0.1) is 12.3 Å². The van der Waals surface area contributed by atoms with Crippen LogP contribution in [0.2, 0.25) is 0 Å². The number of hydrogen-bond acceptors (Lipinski definition) is 7. The van der Waals surface area contributed by atoms with Crippen molar-refractivity contribution in [3.63, 3.8) is 0 Å². The van der Waals surface area contributed by atoms with Crippen molar-refractivity contribution in [3.05, 3.63) is 77.5 Å². The number of likely N-dealkylation sites (N-methyl/N-ethyl adjacent to an activating group) is 1. The van der Waals surface area contributed by atoms with Crippen molar-refractivity contribution in [1.82, 2.24) is 14.8 Å². The van der Waals surface area contributed by atoms with Crippen molar-refractivity contribution in [1.29, 1.82) is 0 Å². The molecule has 0 unspecified atom stereocenters. The van der Waals surface area contributed by atoms with Gasteiger partial charge in [0.1, 0.15) is 11.4 Å². The standard InChI is InChI=1S/C32H39N5O5.2ClH/c1-23-11-16-27(28(22-23)42-21-6-4-5-10-30(39)37-19-17-35(2)18-20-37)36(3)32(41)24-12-14-25(15-13-24)33-31(40)26-8-7-9-29(38)34-26;;/h7-9,11-16,22H,4-6,10,17-21H2,1-3H3,(H,33,40)(H,34,38);2*1H. The summed E-state index contributed by atoms with van der Waals surface area (Å²) in [5, 5.41) is 12.2. The van der Waals surface area contributed by atoms with Crippen molar-refractivity contribution in [2.24, 2.45) is 0 Å².